The van der Waals surface area contributed by atoms with Crippen molar-refractivity contribution in [2.75, 3.05) is 13.2 Å². The molecule has 0 fully saturated rings. The predicted octanol–water partition coefficient (Wildman–Crippen LogP) is 1.42. The molecule has 0 heterocycles. The van der Waals surface area contributed by atoms with E-state index in [0.29, 0.717) is 6.61 Å². The fourth-order valence-corrected chi connectivity index (χ4v) is 1.05. The summed E-state index contributed by atoms with van der Waals surface area (Å²) in [5, 5.41) is 2.33. The number of ether oxygens (including phenoxy) is 2. The Morgan fingerprint density at radius 1 is 1.11 bits per heavy atom. The number of esters is 1. The van der Waals surface area contributed by atoms with Crippen LogP contribution >= 0.6 is 0 Å². The summed E-state index contributed by atoms with van der Waals surface area (Å²) in [6, 6.07) is 0. The molecule has 1 N–H and O–H groups in total. The van der Waals surface area contributed by atoms with Crippen LogP contribution in [0.25, 0.3) is 0 Å². The number of carbonyl (C=O) groups excluding carboxylic acids is 3. The van der Waals surface area contributed by atoms with Crippen LogP contribution in [0.1, 0.15) is 40.5 Å². The molecular formula is C12H21NO5. The number of carbonyl (C=O) groups is 3. The van der Waals surface area contributed by atoms with Crippen LogP contribution in [0.15, 0.2) is 0 Å². The van der Waals surface area contributed by atoms with Gasteiger partial charge in [0.15, 0.2) is 5.78 Å². The molecule has 6 heteroatoms. The molecule has 0 radical (unpaired) electrons. The molecule has 0 bridgehead atoms. The summed E-state index contributed by atoms with van der Waals surface area (Å²) < 4.78 is 9.64. The van der Waals surface area contributed by atoms with Crippen LogP contribution in [-0.2, 0) is 19.1 Å². The van der Waals surface area contributed by atoms with Gasteiger partial charge in [0.05, 0.1) is 19.6 Å². The van der Waals surface area contributed by atoms with Gasteiger partial charge in [-0.15, -0.1) is 0 Å². The van der Waals surface area contributed by atoms with Crippen LogP contribution in [0.4, 0.5) is 4.79 Å². The number of amides is 1. The van der Waals surface area contributed by atoms with E-state index >= 15 is 0 Å². The molecule has 0 aliphatic heterocycles. The van der Waals surface area contributed by atoms with Crippen LogP contribution in [0, 0.1) is 0 Å². The summed E-state index contributed by atoms with van der Waals surface area (Å²) in [5.74, 6) is -0.656. The average molecular weight is 259 g/mol. The number of alkyl carbamates (subject to hydrolysis) is 1. The number of hydrogen-bond acceptors (Lipinski definition) is 5. The first-order valence-corrected chi connectivity index (χ1v) is 5.88. The summed E-state index contributed by atoms with van der Waals surface area (Å²) in [5.41, 5.74) is -0.599. The maximum atomic E-state index is 11.3. The Labute approximate surface area is 107 Å². The zero-order valence-electron chi connectivity index (χ0n) is 11.4. The van der Waals surface area contributed by atoms with Crippen molar-refractivity contribution >= 4 is 17.8 Å². The van der Waals surface area contributed by atoms with Gasteiger partial charge in [-0.2, -0.15) is 0 Å². The van der Waals surface area contributed by atoms with E-state index in [4.69, 9.17) is 4.74 Å². The molecule has 1 amide bonds. The van der Waals surface area contributed by atoms with E-state index in [2.05, 4.69) is 10.1 Å². The average Bonchev–Trinajstić information content (AvgIpc) is 2.21. The zero-order valence-corrected chi connectivity index (χ0v) is 11.4. The first kappa shape index (κ1) is 16.4. The molecule has 0 saturated carbocycles. The molecule has 0 aliphatic rings. The summed E-state index contributed by atoms with van der Waals surface area (Å²) in [6.45, 7) is 7.04. The van der Waals surface area contributed by atoms with Crippen LogP contribution in [0.2, 0.25) is 0 Å². The van der Waals surface area contributed by atoms with E-state index in [1.54, 1.807) is 27.7 Å². The third kappa shape index (κ3) is 9.62. The highest BCUT2D eigenvalue weighted by Crippen LogP contribution is 2.06. The molecule has 6 nitrogen and oxygen atoms in total. The van der Waals surface area contributed by atoms with E-state index in [1.165, 1.54) is 0 Å². The SMILES string of the molecule is CCOC(=O)CCC(=O)CNC(=O)OC(C)(C)C. The normalized spacial score (nSPS) is 10.7. The van der Waals surface area contributed by atoms with Crippen molar-refractivity contribution in [3.05, 3.63) is 0 Å². The standard InChI is InChI=1S/C12H21NO5/c1-5-17-10(15)7-6-9(14)8-13-11(16)18-12(2,3)4/h5-8H2,1-4H3,(H,13,16). The van der Waals surface area contributed by atoms with Crippen molar-refractivity contribution < 1.29 is 23.9 Å². The predicted molar refractivity (Wildman–Crippen MR) is 65.1 cm³/mol. The van der Waals surface area contributed by atoms with Gasteiger partial charge in [0, 0.05) is 6.42 Å². The molecule has 0 aromatic carbocycles. The summed E-state index contributed by atoms with van der Waals surface area (Å²) in [6.07, 6.45) is -0.566. The molecule has 0 unspecified atom stereocenters. The van der Waals surface area contributed by atoms with Gasteiger partial charge in [-0.25, -0.2) is 4.79 Å². The number of ketones is 1. The Kier molecular flexibility index (Phi) is 7.00. The van der Waals surface area contributed by atoms with Crippen LogP contribution < -0.4 is 5.32 Å². The second-order valence-electron chi connectivity index (χ2n) is 4.70. The van der Waals surface area contributed by atoms with Crippen molar-refractivity contribution in [3.8, 4) is 0 Å². The Morgan fingerprint density at radius 3 is 2.22 bits per heavy atom. The highest BCUT2D eigenvalue weighted by molar-refractivity contribution is 5.86. The van der Waals surface area contributed by atoms with E-state index in [-0.39, 0.29) is 25.2 Å². The summed E-state index contributed by atoms with van der Waals surface area (Å²) in [7, 11) is 0. The maximum Gasteiger partial charge on any atom is 0.408 e. The van der Waals surface area contributed by atoms with Gasteiger partial charge in [-0.3, -0.25) is 9.59 Å². The minimum Gasteiger partial charge on any atom is -0.466 e. The fourth-order valence-electron chi connectivity index (χ4n) is 1.05. The molecule has 0 rings (SSSR count). The first-order chi connectivity index (χ1) is 8.24. The molecule has 0 aromatic heterocycles. The van der Waals surface area contributed by atoms with Gasteiger partial charge < -0.3 is 14.8 Å². The topological polar surface area (TPSA) is 81.7 Å². The van der Waals surface area contributed by atoms with Crippen molar-refractivity contribution in [1.29, 1.82) is 0 Å². The monoisotopic (exact) mass is 259 g/mol. The number of nitrogens with one attached hydrogen (secondary N) is 1. The lowest BCUT2D eigenvalue weighted by Gasteiger charge is -2.19. The van der Waals surface area contributed by atoms with Gasteiger partial charge in [-0.05, 0) is 27.7 Å². The van der Waals surface area contributed by atoms with E-state index in [9.17, 15) is 14.4 Å². The van der Waals surface area contributed by atoms with Crippen LogP contribution in [0.5, 0.6) is 0 Å². The second kappa shape index (κ2) is 7.68. The lowest BCUT2D eigenvalue weighted by molar-refractivity contribution is -0.144. The second-order valence-corrected chi connectivity index (χ2v) is 4.70. The van der Waals surface area contributed by atoms with Gasteiger partial charge >= 0.3 is 12.1 Å². The van der Waals surface area contributed by atoms with Gasteiger partial charge in [0.25, 0.3) is 0 Å². The highest BCUT2D eigenvalue weighted by Gasteiger charge is 2.16. The van der Waals surface area contributed by atoms with Crippen molar-refractivity contribution in [2.45, 2.75) is 46.1 Å². The van der Waals surface area contributed by atoms with Crippen molar-refractivity contribution in [2.24, 2.45) is 0 Å². The number of hydrogen-bond donors (Lipinski definition) is 1. The minimum atomic E-state index is -0.646. The largest absolute Gasteiger partial charge is 0.466 e. The summed E-state index contributed by atoms with van der Waals surface area (Å²) in [4.78, 5) is 33.6. The molecule has 0 saturated heterocycles. The Balaban J connectivity index is 3.77. The molecule has 0 atom stereocenters. The molecule has 104 valence electrons. The highest BCUT2D eigenvalue weighted by atomic mass is 16.6. The van der Waals surface area contributed by atoms with Crippen molar-refractivity contribution in [3.63, 3.8) is 0 Å². The Bertz CT molecular complexity index is 306. The first-order valence-electron chi connectivity index (χ1n) is 5.88. The number of Topliss-reactive ketones (excluding diaryl/α,β-unsaturated/α-hetero) is 1. The molecule has 0 spiro atoms. The summed E-state index contributed by atoms with van der Waals surface area (Å²) >= 11 is 0. The smallest absolute Gasteiger partial charge is 0.408 e. The van der Waals surface area contributed by atoms with Gasteiger partial charge in [-0.1, -0.05) is 0 Å². The third-order valence-electron chi connectivity index (χ3n) is 1.74. The van der Waals surface area contributed by atoms with E-state index in [0.717, 1.165) is 0 Å². The van der Waals surface area contributed by atoms with Crippen molar-refractivity contribution in [1.82, 2.24) is 5.32 Å². The Hall–Kier alpha value is -1.59. The third-order valence-corrected chi connectivity index (χ3v) is 1.74. The molecule has 18 heavy (non-hydrogen) atoms. The lowest BCUT2D eigenvalue weighted by atomic mass is 10.2. The minimum absolute atomic E-state index is 0.0304. The van der Waals surface area contributed by atoms with Gasteiger partial charge in [0.2, 0.25) is 0 Å². The molecule has 0 aliphatic carbocycles. The molecular weight excluding hydrogens is 238 g/mol. The van der Waals surface area contributed by atoms with Crippen LogP contribution in [0.3, 0.4) is 0 Å². The van der Waals surface area contributed by atoms with Crippen LogP contribution in [-0.4, -0.2) is 36.6 Å². The fraction of sp³-hybridized carbons (Fsp3) is 0.750. The van der Waals surface area contributed by atoms with E-state index in [1.807, 2.05) is 0 Å². The number of rotatable bonds is 6. The maximum absolute atomic E-state index is 11.3. The Morgan fingerprint density at radius 2 is 1.72 bits per heavy atom. The van der Waals surface area contributed by atoms with E-state index < -0.39 is 17.7 Å². The quantitative estimate of drug-likeness (QED) is 0.729. The molecule has 0 aromatic rings. The zero-order chi connectivity index (χ0) is 14.2. The lowest BCUT2D eigenvalue weighted by Crippen LogP contribution is -2.35. The van der Waals surface area contributed by atoms with Gasteiger partial charge in [0.1, 0.15) is 5.60 Å².